The number of rotatable bonds is 9. The van der Waals surface area contributed by atoms with E-state index in [1.807, 2.05) is 32.0 Å². The Hall–Kier alpha value is -2.50. The summed E-state index contributed by atoms with van der Waals surface area (Å²) in [6, 6.07) is 5.85. The number of anilines is 1. The van der Waals surface area contributed by atoms with Gasteiger partial charge in [0.25, 0.3) is 5.56 Å². The van der Waals surface area contributed by atoms with Gasteiger partial charge in [-0.05, 0) is 37.5 Å². The fourth-order valence-corrected chi connectivity index (χ4v) is 2.60. The van der Waals surface area contributed by atoms with Crippen LogP contribution in [0.4, 0.5) is 5.69 Å². The number of nitrogens with zero attached hydrogens (tertiary/aromatic N) is 2. The summed E-state index contributed by atoms with van der Waals surface area (Å²) in [6.45, 7) is 7.75. The maximum Gasteiger partial charge on any atom is 0.271 e. The predicted octanol–water partition coefficient (Wildman–Crippen LogP) is 3.24. The zero-order valence-corrected chi connectivity index (χ0v) is 15.5. The molecule has 25 heavy (non-hydrogen) atoms. The molecule has 1 N–H and O–H groups in total. The first-order valence-electron chi connectivity index (χ1n) is 8.77. The summed E-state index contributed by atoms with van der Waals surface area (Å²) in [5.41, 5.74) is 2.56. The van der Waals surface area contributed by atoms with E-state index in [1.165, 1.54) is 4.68 Å². The van der Waals surface area contributed by atoms with E-state index in [0.29, 0.717) is 26.1 Å². The van der Waals surface area contributed by atoms with Crippen LogP contribution in [0.15, 0.2) is 29.2 Å². The van der Waals surface area contributed by atoms with Crippen LogP contribution < -0.4 is 20.3 Å². The number of hydrogen-bond acceptors (Lipinski definition) is 5. The summed E-state index contributed by atoms with van der Waals surface area (Å²) < 4.78 is 12.6. The molecule has 0 aliphatic carbocycles. The molecule has 1 aromatic carbocycles. The quantitative estimate of drug-likeness (QED) is 0.756. The molecule has 1 aromatic heterocycles. The smallest absolute Gasteiger partial charge is 0.271 e. The van der Waals surface area contributed by atoms with E-state index < -0.39 is 0 Å². The van der Waals surface area contributed by atoms with Crippen molar-refractivity contribution in [3.8, 4) is 11.5 Å². The van der Waals surface area contributed by atoms with E-state index in [9.17, 15) is 4.79 Å². The third kappa shape index (κ3) is 4.53. The van der Waals surface area contributed by atoms with Crippen molar-refractivity contribution in [3.63, 3.8) is 0 Å². The molecule has 1 heterocycles. The van der Waals surface area contributed by atoms with Crippen LogP contribution in [0.25, 0.3) is 0 Å². The molecular weight excluding hydrogens is 318 g/mol. The molecule has 0 aliphatic rings. The third-order valence-electron chi connectivity index (χ3n) is 3.97. The molecule has 6 heteroatoms. The molecule has 0 unspecified atom stereocenters. The van der Waals surface area contributed by atoms with Crippen LogP contribution in [-0.4, -0.2) is 23.5 Å². The lowest BCUT2D eigenvalue weighted by Gasteiger charge is -2.14. The zero-order chi connectivity index (χ0) is 18.2. The SMILES string of the molecule is CCCOc1cc(CNc2cnn(CC)c(=O)c2CC)ccc1OC. The molecule has 0 amide bonds. The van der Waals surface area contributed by atoms with Crippen molar-refractivity contribution >= 4 is 5.69 Å². The summed E-state index contributed by atoms with van der Waals surface area (Å²) in [4.78, 5) is 12.3. The number of methoxy groups -OCH3 is 1. The van der Waals surface area contributed by atoms with Gasteiger partial charge in [0.1, 0.15) is 0 Å². The van der Waals surface area contributed by atoms with Crippen molar-refractivity contribution in [2.45, 2.75) is 46.7 Å². The Morgan fingerprint density at radius 1 is 1.20 bits per heavy atom. The second-order valence-corrected chi connectivity index (χ2v) is 5.70. The highest BCUT2D eigenvalue weighted by Crippen LogP contribution is 2.28. The predicted molar refractivity (Wildman–Crippen MR) is 99.7 cm³/mol. The van der Waals surface area contributed by atoms with Gasteiger partial charge >= 0.3 is 0 Å². The lowest BCUT2D eigenvalue weighted by atomic mass is 10.1. The maximum absolute atomic E-state index is 12.3. The summed E-state index contributed by atoms with van der Waals surface area (Å²) in [6.07, 6.45) is 3.32. The second-order valence-electron chi connectivity index (χ2n) is 5.70. The zero-order valence-electron chi connectivity index (χ0n) is 15.5. The molecule has 6 nitrogen and oxygen atoms in total. The van der Waals surface area contributed by atoms with Gasteiger partial charge in [-0.15, -0.1) is 0 Å². The van der Waals surface area contributed by atoms with Crippen molar-refractivity contribution in [1.29, 1.82) is 0 Å². The first kappa shape index (κ1) is 18.8. The molecule has 0 aliphatic heterocycles. The van der Waals surface area contributed by atoms with E-state index >= 15 is 0 Å². The summed E-state index contributed by atoms with van der Waals surface area (Å²) in [7, 11) is 1.63. The topological polar surface area (TPSA) is 65.4 Å². The van der Waals surface area contributed by atoms with Crippen LogP contribution in [0.2, 0.25) is 0 Å². The number of aromatic nitrogens is 2. The summed E-state index contributed by atoms with van der Waals surface area (Å²) in [5.74, 6) is 1.46. The molecule has 0 radical (unpaired) electrons. The molecule has 0 saturated heterocycles. The average molecular weight is 345 g/mol. The van der Waals surface area contributed by atoms with Gasteiger partial charge < -0.3 is 14.8 Å². The van der Waals surface area contributed by atoms with Gasteiger partial charge in [-0.25, -0.2) is 4.68 Å². The van der Waals surface area contributed by atoms with E-state index in [-0.39, 0.29) is 5.56 Å². The average Bonchev–Trinajstić information content (AvgIpc) is 2.64. The molecule has 2 rings (SSSR count). The van der Waals surface area contributed by atoms with Crippen LogP contribution in [0.3, 0.4) is 0 Å². The van der Waals surface area contributed by atoms with Crippen molar-refractivity contribution < 1.29 is 9.47 Å². The fourth-order valence-electron chi connectivity index (χ4n) is 2.60. The van der Waals surface area contributed by atoms with Crippen molar-refractivity contribution in [3.05, 3.63) is 45.9 Å². The van der Waals surface area contributed by atoms with E-state index in [2.05, 4.69) is 17.3 Å². The van der Waals surface area contributed by atoms with E-state index in [1.54, 1.807) is 13.3 Å². The van der Waals surface area contributed by atoms with Gasteiger partial charge in [0.05, 0.1) is 25.6 Å². The first-order chi connectivity index (χ1) is 12.1. The Kier molecular flexibility index (Phi) is 6.86. The van der Waals surface area contributed by atoms with Crippen LogP contribution in [0, 0.1) is 0 Å². The molecule has 0 bridgehead atoms. The lowest BCUT2D eigenvalue weighted by molar-refractivity contribution is 0.294. The van der Waals surface area contributed by atoms with E-state index in [0.717, 1.165) is 34.7 Å². The van der Waals surface area contributed by atoms with Crippen LogP contribution >= 0.6 is 0 Å². The van der Waals surface area contributed by atoms with E-state index in [4.69, 9.17) is 9.47 Å². The lowest BCUT2D eigenvalue weighted by Crippen LogP contribution is -2.26. The minimum atomic E-state index is -0.0308. The molecule has 0 atom stereocenters. The molecule has 0 saturated carbocycles. The van der Waals surface area contributed by atoms with Crippen LogP contribution in [0.5, 0.6) is 11.5 Å². The standard InChI is InChI=1S/C19H27N3O3/c1-5-10-25-18-11-14(8-9-17(18)24-4)12-20-16-13-21-22(7-3)19(23)15(16)6-2/h8-9,11,13,20H,5-7,10,12H2,1-4H3. The minimum Gasteiger partial charge on any atom is -0.493 e. The van der Waals surface area contributed by atoms with Gasteiger partial charge in [0.15, 0.2) is 11.5 Å². The Morgan fingerprint density at radius 2 is 2.00 bits per heavy atom. The molecule has 136 valence electrons. The number of nitrogens with one attached hydrogen (secondary N) is 1. The first-order valence-corrected chi connectivity index (χ1v) is 8.77. The monoisotopic (exact) mass is 345 g/mol. The van der Waals surface area contributed by atoms with Gasteiger partial charge in [-0.1, -0.05) is 19.9 Å². The maximum atomic E-state index is 12.3. The van der Waals surface area contributed by atoms with Crippen LogP contribution in [0.1, 0.15) is 38.3 Å². The number of benzene rings is 1. The van der Waals surface area contributed by atoms with Crippen molar-refractivity contribution in [2.24, 2.45) is 0 Å². The number of ether oxygens (including phenoxy) is 2. The molecule has 0 fully saturated rings. The van der Waals surface area contributed by atoms with Gasteiger partial charge in [-0.2, -0.15) is 5.10 Å². The second kappa shape index (κ2) is 9.11. The Labute approximate surface area is 148 Å². The largest absolute Gasteiger partial charge is 0.493 e. The highest BCUT2D eigenvalue weighted by molar-refractivity contribution is 5.49. The fraction of sp³-hybridized carbons (Fsp3) is 0.474. The normalized spacial score (nSPS) is 10.6. The summed E-state index contributed by atoms with van der Waals surface area (Å²) in [5, 5.41) is 7.52. The third-order valence-corrected chi connectivity index (χ3v) is 3.97. The number of hydrogen-bond donors (Lipinski definition) is 1. The summed E-state index contributed by atoms with van der Waals surface area (Å²) >= 11 is 0. The minimum absolute atomic E-state index is 0.0308. The van der Waals surface area contributed by atoms with Gasteiger partial charge in [0, 0.05) is 18.7 Å². The van der Waals surface area contributed by atoms with Crippen molar-refractivity contribution in [1.82, 2.24) is 9.78 Å². The highest BCUT2D eigenvalue weighted by Gasteiger charge is 2.10. The van der Waals surface area contributed by atoms with Crippen molar-refractivity contribution in [2.75, 3.05) is 19.0 Å². The molecule has 2 aromatic rings. The van der Waals surface area contributed by atoms with Gasteiger partial charge in [-0.3, -0.25) is 4.79 Å². The van der Waals surface area contributed by atoms with Gasteiger partial charge in [0.2, 0.25) is 0 Å². The number of aryl methyl sites for hydroxylation is 1. The Balaban J connectivity index is 2.18. The van der Waals surface area contributed by atoms with Crippen LogP contribution in [-0.2, 0) is 19.5 Å². The molecule has 0 spiro atoms. The Bertz CT molecular complexity index is 756. The highest BCUT2D eigenvalue weighted by atomic mass is 16.5. The Morgan fingerprint density at radius 3 is 2.64 bits per heavy atom. The molecular formula is C19H27N3O3.